The summed E-state index contributed by atoms with van der Waals surface area (Å²) < 4.78 is 18.9. The zero-order valence-corrected chi connectivity index (χ0v) is 12.8. The van der Waals surface area contributed by atoms with Crippen molar-refractivity contribution in [3.63, 3.8) is 0 Å². The average molecular weight is 307 g/mol. The number of hydrogen-bond donors (Lipinski definition) is 1. The Morgan fingerprint density at radius 3 is 2.95 bits per heavy atom. The Morgan fingerprint density at radius 2 is 2.23 bits per heavy atom. The quantitative estimate of drug-likeness (QED) is 0.910. The number of aliphatic hydroxyl groups is 1. The molecule has 0 unspecified atom stereocenters. The number of aryl methyl sites for hydroxylation is 1. The zero-order valence-electron chi connectivity index (χ0n) is 12.8. The lowest BCUT2D eigenvalue weighted by atomic mass is 9.89. The molecule has 5 heteroatoms. The van der Waals surface area contributed by atoms with Gasteiger partial charge in [0.25, 0.3) is 5.91 Å². The molecule has 3 rings (SSSR count). The van der Waals surface area contributed by atoms with Gasteiger partial charge in [0.2, 0.25) is 0 Å². The number of amides is 1. The van der Waals surface area contributed by atoms with Crippen LogP contribution in [-0.2, 0) is 4.74 Å². The fourth-order valence-electron chi connectivity index (χ4n) is 3.55. The molecule has 1 aromatic rings. The first-order valence-electron chi connectivity index (χ1n) is 7.91. The standard InChI is InChI=1S/C17H22FNO3/c1-11-9-12(4-5-14(11)18)17(21)19-7-2-3-15(19)13-10-22-8-6-16(13)20/h4-5,9,13,15-16,20H,2-3,6-8,10H2,1H3/t13-,15+,16+/m0/s1. The summed E-state index contributed by atoms with van der Waals surface area (Å²) in [6.07, 6.45) is 2.03. The molecule has 0 aliphatic carbocycles. The minimum atomic E-state index is -0.415. The van der Waals surface area contributed by atoms with Crippen molar-refractivity contribution in [2.24, 2.45) is 5.92 Å². The topological polar surface area (TPSA) is 49.8 Å². The molecule has 2 aliphatic rings. The first-order valence-corrected chi connectivity index (χ1v) is 7.91. The maximum absolute atomic E-state index is 13.4. The molecule has 1 amide bonds. The first kappa shape index (κ1) is 15.4. The minimum absolute atomic E-state index is 0.00755. The third kappa shape index (κ3) is 2.88. The molecule has 2 saturated heterocycles. The Labute approximate surface area is 129 Å². The summed E-state index contributed by atoms with van der Waals surface area (Å²) in [7, 11) is 0. The fourth-order valence-corrected chi connectivity index (χ4v) is 3.55. The van der Waals surface area contributed by atoms with E-state index in [9.17, 15) is 14.3 Å². The Morgan fingerprint density at radius 1 is 1.41 bits per heavy atom. The SMILES string of the molecule is Cc1cc(C(=O)N2CCC[C@@H]2[C@@H]2COCC[C@H]2O)ccc1F. The minimum Gasteiger partial charge on any atom is -0.393 e. The van der Waals surface area contributed by atoms with Gasteiger partial charge in [0.05, 0.1) is 12.7 Å². The highest BCUT2D eigenvalue weighted by Gasteiger charge is 2.39. The van der Waals surface area contributed by atoms with E-state index in [1.807, 2.05) is 4.90 Å². The Hall–Kier alpha value is -1.46. The zero-order chi connectivity index (χ0) is 15.7. The number of carbonyl (C=O) groups excluding carboxylic acids is 1. The summed E-state index contributed by atoms with van der Waals surface area (Å²) >= 11 is 0. The number of halogens is 1. The van der Waals surface area contributed by atoms with Gasteiger partial charge in [-0.1, -0.05) is 0 Å². The van der Waals surface area contributed by atoms with E-state index in [-0.39, 0.29) is 23.7 Å². The molecule has 0 aromatic heterocycles. The Balaban J connectivity index is 1.79. The molecule has 0 bridgehead atoms. The van der Waals surface area contributed by atoms with Crippen LogP contribution in [0.2, 0.25) is 0 Å². The summed E-state index contributed by atoms with van der Waals surface area (Å²) in [6.45, 7) is 3.42. The van der Waals surface area contributed by atoms with Crippen LogP contribution in [0.4, 0.5) is 4.39 Å². The van der Waals surface area contributed by atoms with Crippen LogP contribution < -0.4 is 0 Å². The molecule has 0 saturated carbocycles. The van der Waals surface area contributed by atoms with Gasteiger partial charge < -0.3 is 14.7 Å². The fraction of sp³-hybridized carbons (Fsp3) is 0.588. The molecule has 3 atom stereocenters. The highest BCUT2D eigenvalue weighted by Crippen LogP contribution is 2.31. The molecule has 2 fully saturated rings. The Bertz CT molecular complexity index is 563. The van der Waals surface area contributed by atoms with E-state index in [4.69, 9.17) is 4.74 Å². The summed E-state index contributed by atoms with van der Waals surface area (Å²) in [6, 6.07) is 4.48. The molecular weight excluding hydrogens is 285 g/mol. The van der Waals surface area contributed by atoms with Crippen LogP contribution in [0.5, 0.6) is 0 Å². The lowest BCUT2D eigenvalue weighted by Crippen LogP contribution is -2.48. The van der Waals surface area contributed by atoms with E-state index in [0.29, 0.717) is 37.3 Å². The van der Waals surface area contributed by atoms with E-state index < -0.39 is 6.10 Å². The molecule has 4 nitrogen and oxygen atoms in total. The van der Waals surface area contributed by atoms with Crippen LogP contribution >= 0.6 is 0 Å². The first-order chi connectivity index (χ1) is 10.6. The van der Waals surface area contributed by atoms with Gasteiger partial charge in [0.15, 0.2) is 0 Å². The van der Waals surface area contributed by atoms with Gasteiger partial charge in [0, 0.05) is 30.7 Å². The van der Waals surface area contributed by atoms with Crippen molar-refractivity contribution < 1.29 is 19.0 Å². The molecule has 0 spiro atoms. The maximum atomic E-state index is 13.4. The van der Waals surface area contributed by atoms with Gasteiger partial charge in [-0.2, -0.15) is 0 Å². The monoisotopic (exact) mass is 307 g/mol. The lowest BCUT2D eigenvalue weighted by Gasteiger charge is -2.37. The summed E-state index contributed by atoms with van der Waals surface area (Å²) in [5.41, 5.74) is 0.986. The number of likely N-dealkylation sites (tertiary alicyclic amines) is 1. The van der Waals surface area contributed by atoms with Gasteiger partial charge in [0.1, 0.15) is 5.82 Å². The molecule has 1 aromatic carbocycles. The third-order valence-electron chi connectivity index (χ3n) is 4.82. The number of benzene rings is 1. The van der Waals surface area contributed by atoms with Crippen molar-refractivity contribution in [2.45, 2.75) is 38.3 Å². The largest absolute Gasteiger partial charge is 0.393 e. The van der Waals surface area contributed by atoms with Gasteiger partial charge in [-0.3, -0.25) is 4.79 Å². The predicted octanol–water partition coefficient (Wildman–Crippen LogP) is 2.14. The predicted molar refractivity (Wildman–Crippen MR) is 80.1 cm³/mol. The highest BCUT2D eigenvalue weighted by atomic mass is 19.1. The maximum Gasteiger partial charge on any atom is 0.254 e. The van der Waals surface area contributed by atoms with E-state index in [1.165, 1.54) is 12.1 Å². The number of rotatable bonds is 2. The average Bonchev–Trinajstić information content (AvgIpc) is 2.99. The molecule has 2 aliphatic heterocycles. The number of hydrogen-bond acceptors (Lipinski definition) is 3. The van der Waals surface area contributed by atoms with Crippen molar-refractivity contribution in [3.8, 4) is 0 Å². The van der Waals surface area contributed by atoms with Gasteiger partial charge in [-0.05, 0) is 49.9 Å². The van der Waals surface area contributed by atoms with Gasteiger partial charge >= 0.3 is 0 Å². The van der Waals surface area contributed by atoms with Crippen molar-refractivity contribution in [1.29, 1.82) is 0 Å². The number of ether oxygens (including phenoxy) is 1. The van der Waals surface area contributed by atoms with Crippen molar-refractivity contribution in [1.82, 2.24) is 4.90 Å². The van der Waals surface area contributed by atoms with Crippen LogP contribution in [0.3, 0.4) is 0 Å². The number of carbonyl (C=O) groups is 1. The van der Waals surface area contributed by atoms with E-state index >= 15 is 0 Å². The second kappa shape index (κ2) is 6.34. The van der Waals surface area contributed by atoms with Crippen LogP contribution in [0, 0.1) is 18.7 Å². The summed E-state index contributed by atoms with van der Waals surface area (Å²) in [5.74, 6) is -0.407. The summed E-state index contributed by atoms with van der Waals surface area (Å²) in [4.78, 5) is 14.6. The second-order valence-electron chi connectivity index (χ2n) is 6.27. The molecule has 0 radical (unpaired) electrons. The highest BCUT2D eigenvalue weighted by molar-refractivity contribution is 5.94. The smallest absolute Gasteiger partial charge is 0.254 e. The lowest BCUT2D eigenvalue weighted by molar-refractivity contribution is -0.0589. The van der Waals surface area contributed by atoms with Crippen molar-refractivity contribution in [3.05, 3.63) is 35.1 Å². The van der Waals surface area contributed by atoms with Crippen LogP contribution in [0.15, 0.2) is 18.2 Å². The number of nitrogens with zero attached hydrogens (tertiary/aromatic N) is 1. The molecular formula is C17H22FNO3. The normalized spacial score (nSPS) is 28.9. The van der Waals surface area contributed by atoms with Crippen molar-refractivity contribution >= 4 is 5.91 Å². The summed E-state index contributed by atoms with van der Waals surface area (Å²) in [5, 5.41) is 10.2. The molecule has 120 valence electrons. The van der Waals surface area contributed by atoms with E-state index in [2.05, 4.69) is 0 Å². The molecule has 2 heterocycles. The van der Waals surface area contributed by atoms with Crippen LogP contribution in [0.1, 0.15) is 35.2 Å². The van der Waals surface area contributed by atoms with Crippen molar-refractivity contribution in [2.75, 3.05) is 19.8 Å². The number of aliphatic hydroxyl groups excluding tert-OH is 1. The van der Waals surface area contributed by atoms with Crippen LogP contribution in [-0.4, -0.2) is 47.8 Å². The van der Waals surface area contributed by atoms with Gasteiger partial charge in [-0.25, -0.2) is 4.39 Å². The molecule has 1 N–H and O–H groups in total. The second-order valence-corrected chi connectivity index (χ2v) is 6.27. The van der Waals surface area contributed by atoms with Crippen LogP contribution in [0.25, 0.3) is 0 Å². The molecule has 22 heavy (non-hydrogen) atoms. The van der Waals surface area contributed by atoms with Gasteiger partial charge in [-0.15, -0.1) is 0 Å². The van der Waals surface area contributed by atoms with E-state index in [1.54, 1.807) is 13.0 Å². The third-order valence-corrected chi connectivity index (χ3v) is 4.82. The van der Waals surface area contributed by atoms with E-state index in [0.717, 1.165) is 12.8 Å². The Kier molecular flexibility index (Phi) is 4.45.